The molecule has 5 rings (SSSR count). The minimum absolute atomic E-state index is 0.00949. The fraction of sp³-hybridized carbons (Fsp3) is 0.143. The Morgan fingerprint density at radius 1 is 0.975 bits per heavy atom. The van der Waals surface area contributed by atoms with Crippen LogP contribution in [0.1, 0.15) is 36.5 Å². The topological polar surface area (TPSA) is 116 Å². The number of nitrogens with one attached hydrogen (secondary N) is 1. The number of aromatic nitrogens is 1. The maximum atomic E-state index is 13.5. The van der Waals surface area contributed by atoms with Crippen LogP contribution in [0.3, 0.4) is 0 Å². The van der Waals surface area contributed by atoms with E-state index in [1.54, 1.807) is 12.1 Å². The second kappa shape index (κ2) is 10.2. The van der Waals surface area contributed by atoms with Crippen molar-refractivity contribution in [2.24, 2.45) is 10.2 Å². The molecule has 0 bridgehead atoms. The number of halogens is 3. The average molecular weight is 567 g/mol. The predicted molar refractivity (Wildman–Crippen MR) is 145 cm³/mol. The van der Waals surface area contributed by atoms with Crippen LogP contribution in [-0.4, -0.2) is 25.9 Å². The summed E-state index contributed by atoms with van der Waals surface area (Å²) in [5.74, 6) is -1.04. The lowest BCUT2D eigenvalue weighted by Crippen LogP contribution is -2.17. The number of carbonyl (C=O) groups is 2. The van der Waals surface area contributed by atoms with Crippen LogP contribution in [0.2, 0.25) is 0 Å². The lowest BCUT2D eigenvalue weighted by Gasteiger charge is -2.11. The van der Waals surface area contributed by atoms with Gasteiger partial charge in [0.2, 0.25) is 5.88 Å². The van der Waals surface area contributed by atoms with Gasteiger partial charge >= 0.3 is 6.18 Å². The number of nitrogens with zero attached hydrogens (tertiary/aromatic N) is 3. The Labute approximate surface area is 229 Å². The number of phenols is 1. The normalized spacial score (nSPS) is 15.2. The smallest absolute Gasteiger partial charge is 0.416 e. The van der Waals surface area contributed by atoms with Crippen LogP contribution in [0.5, 0.6) is 11.6 Å². The maximum Gasteiger partial charge on any atom is 0.416 e. The summed E-state index contributed by atoms with van der Waals surface area (Å²) in [6.45, 7) is 4.02. The summed E-state index contributed by atoms with van der Waals surface area (Å²) in [6, 6.07) is 14.4. The summed E-state index contributed by atoms with van der Waals surface area (Å²) < 4.78 is 41.9. The van der Waals surface area contributed by atoms with E-state index < -0.39 is 28.8 Å². The van der Waals surface area contributed by atoms with Gasteiger partial charge in [-0.15, -0.1) is 10.2 Å². The van der Waals surface area contributed by atoms with Crippen LogP contribution in [0.15, 0.2) is 75.8 Å². The molecule has 2 heterocycles. The molecule has 1 fully saturated rings. The van der Waals surface area contributed by atoms with Gasteiger partial charge in [0.05, 0.1) is 16.0 Å². The molecule has 0 atom stereocenters. The Morgan fingerprint density at radius 3 is 2.30 bits per heavy atom. The molecule has 8 nitrogen and oxygen atoms in total. The summed E-state index contributed by atoms with van der Waals surface area (Å²) in [4.78, 5) is 23.3. The fourth-order valence-corrected chi connectivity index (χ4v) is 4.88. The van der Waals surface area contributed by atoms with Crippen LogP contribution in [0, 0.1) is 0 Å². The van der Waals surface area contributed by atoms with Crippen molar-refractivity contribution in [2.45, 2.75) is 25.9 Å². The minimum Gasteiger partial charge on any atom is -0.506 e. The number of hydrogen-bond donors (Lipinski definition) is 3. The summed E-state index contributed by atoms with van der Waals surface area (Å²) in [5, 5.41) is 31.6. The quantitative estimate of drug-likeness (QED) is 0.168. The number of amides is 2. The van der Waals surface area contributed by atoms with E-state index in [1.165, 1.54) is 34.9 Å². The first-order valence-corrected chi connectivity index (χ1v) is 12.8. The van der Waals surface area contributed by atoms with Crippen molar-refractivity contribution in [3.63, 3.8) is 0 Å². The summed E-state index contributed by atoms with van der Waals surface area (Å²) >= 11 is 0.731. The third-order valence-corrected chi connectivity index (χ3v) is 7.07. The van der Waals surface area contributed by atoms with Crippen LogP contribution >= 0.6 is 11.8 Å². The highest BCUT2D eigenvalue weighted by Crippen LogP contribution is 2.44. The Balaban J connectivity index is 1.57. The number of azo groups is 1. The largest absolute Gasteiger partial charge is 0.506 e. The Morgan fingerprint density at radius 2 is 1.70 bits per heavy atom. The summed E-state index contributed by atoms with van der Waals surface area (Å²) in [7, 11) is 0. The number of hydrogen-bond acceptors (Lipinski definition) is 7. The number of benzene rings is 3. The van der Waals surface area contributed by atoms with Gasteiger partial charge in [0.25, 0.3) is 11.1 Å². The lowest BCUT2D eigenvalue weighted by molar-refractivity contribution is -0.137. The molecule has 40 heavy (non-hydrogen) atoms. The van der Waals surface area contributed by atoms with Gasteiger partial charge in [0.15, 0.2) is 5.69 Å². The molecule has 1 saturated heterocycles. The zero-order chi connectivity index (χ0) is 28.8. The minimum atomic E-state index is -4.60. The molecule has 3 aromatic carbocycles. The molecule has 4 aromatic rings. The van der Waals surface area contributed by atoms with Gasteiger partial charge in [-0.3, -0.25) is 19.5 Å². The predicted octanol–water partition coefficient (Wildman–Crippen LogP) is 7.92. The van der Waals surface area contributed by atoms with E-state index in [0.717, 1.165) is 29.5 Å². The van der Waals surface area contributed by atoms with E-state index in [9.17, 15) is 33.0 Å². The highest BCUT2D eigenvalue weighted by atomic mass is 32.2. The van der Waals surface area contributed by atoms with Crippen molar-refractivity contribution < 1.29 is 33.0 Å². The van der Waals surface area contributed by atoms with Crippen molar-refractivity contribution in [3.05, 3.63) is 82.3 Å². The van der Waals surface area contributed by atoms with Gasteiger partial charge in [-0.1, -0.05) is 32.0 Å². The molecular weight excluding hydrogens is 545 g/mol. The molecule has 0 radical (unpaired) electrons. The van der Waals surface area contributed by atoms with Crippen LogP contribution in [-0.2, 0) is 11.0 Å². The molecule has 1 aliphatic heterocycles. The first-order valence-electron chi connectivity index (χ1n) is 12.0. The van der Waals surface area contributed by atoms with Crippen molar-refractivity contribution in [1.29, 1.82) is 0 Å². The number of thioether (sulfide) groups is 1. The average Bonchev–Trinajstić information content (AvgIpc) is 3.36. The van der Waals surface area contributed by atoms with Crippen molar-refractivity contribution in [2.75, 3.05) is 0 Å². The maximum absolute atomic E-state index is 13.5. The van der Waals surface area contributed by atoms with E-state index >= 15 is 0 Å². The molecule has 3 N–H and O–H groups in total. The fourth-order valence-electron chi connectivity index (χ4n) is 4.19. The molecule has 0 spiro atoms. The van der Waals surface area contributed by atoms with E-state index in [4.69, 9.17) is 0 Å². The highest BCUT2D eigenvalue weighted by molar-refractivity contribution is 8.18. The second-order valence-corrected chi connectivity index (χ2v) is 10.3. The first kappa shape index (κ1) is 27.0. The van der Waals surface area contributed by atoms with Crippen LogP contribution in [0.4, 0.5) is 29.3 Å². The van der Waals surface area contributed by atoms with Crippen molar-refractivity contribution >= 4 is 51.3 Å². The number of aromatic hydroxyl groups is 2. The lowest BCUT2D eigenvalue weighted by atomic mass is 10.0. The molecule has 0 saturated carbocycles. The van der Waals surface area contributed by atoms with E-state index in [0.29, 0.717) is 11.3 Å². The number of carbonyl (C=O) groups excluding carboxylic acids is 2. The summed E-state index contributed by atoms with van der Waals surface area (Å²) in [6.07, 6.45) is -3.18. The molecule has 0 unspecified atom stereocenters. The van der Waals surface area contributed by atoms with E-state index in [1.807, 2.05) is 26.0 Å². The molecule has 204 valence electrons. The van der Waals surface area contributed by atoms with Crippen molar-refractivity contribution in [3.8, 4) is 17.3 Å². The molecule has 12 heteroatoms. The molecular formula is C28H21F3N4O4S. The first-order chi connectivity index (χ1) is 18.9. The van der Waals surface area contributed by atoms with Crippen LogP contribution in [0.25, 0.3) is 22.7 Å². The zero-order valence-corrected chi connectivity index (χ0v) is 21.8. The highest BCUT2D eigenvalue weighted by Gasteiger charge is 2.32. The molecule has 1 aromatic heterocycles. The Bertz CT molecular complexity index is 1720. The van der Waals surface area contributed by atoms with Crippen molar-refractivity contribution in [1.82, 2.24) is 9.88 Å². The van der Waals surface area contributed by atoms with Gasteiger partial charge in [-0.2, -0.15) is 13.2 Å². The number of alkyl halides is 3. The second-order valence-electron chi connectivity index (χ2n) is 9.28. The van der Waals surface area contributed by atoms with Gasteiger partial charge < -0.3 is 10.2 Å². The van der Waals surface area contributed by atoms with Gasteiger partial charge in [0, 0.05) is 11.1 Å². The van der Waals surface area contributed by atoms with Gasteiger partial charge in [-0.25, -0.2) is 0 Å². The number of phenolic OH excluding ortho intramolecular Hbond substituents is 1. The number of imide groups is 1. The third-order valence-electron chi connectivity index (χ3n) is 6.26. The summed E-state index contributed by atoms with van der Waals surface area (Å²) in [5.41, 5.74) is 0.984. The number of fused-ring (bicyclic) bond motifs is 1. The Kier molecular flexibility index (Phi) is 6.88. The standard InChI is InChI=1S/C28H21F3N4O4S/c1-14(2)16-4-7-18(8-5-16)35-21-13-17(28(29,30)31)6-9-19(21)24(26(35)38)34-33-20-10-3-15(11-22(20)36)12-23-25(37)32-27(39)40-23/h3-14,36,38H,1-2H3,(H,32,37,39). The molecule has 1 aliphatic rings. The molecule has 2 amide bonds. The third kappa shape index (κ3) is 5.17. The van der Waals surface area contributed by atoms with Gasteiger partial charge in [0.1, 0.15) is 11.4 Å². The zero-order valence-electron chi connectivity index (χ0n) is 21.0. The molecule has 0 aliphatic carbocycles. The Hall–Kier alpha value is -4.58. The monoisotopic (exact) mass is 566 g/mol. The van der Waals surface area contributed by atoms with Crippen LogP contribution < -0.4 is 5.32 Å². The van der Waals surface area contributed by atoms with E-state index in [2.05, 4.69) is 15.5 Å². The number of rotatable bonds is 5. The van der Waals surface area contributed by atoms with E-state index in [-0.39, 0.29) is 38.9 Å². The van der Waals surface area contributed by atoms with Gasteiger partial charge in [-0.05, 0) is 77.3 Å². The SMILES string of the molecule is CC(C)c1ccc(-n2c(O)c(N=Nc3ccc(C=C4SC(=O)NC4=O)cc3O)c3ccc(C(F)(F)F)cc32)cc1.